The fourth-order valence-corrected chi connectivity index (χ4v) is 2.90. The molecule has 1 nitrogen and oxygen atoms in total. The number of anilines is 1. The summed E-state index contributed by atoms with van der Waals surface area (Å²) >= 11 is 6.05. The van der Waals surface area contributed by atoms with Gasteiger partial charge in [-0.2, -0.15) is 13.2 Å². The van der Waals surface area contributed by atoms with Crippen LogP contribution in [0, 0.1) is 0 Å². The molecule has 0 radical (unpaired) electrons. The third kappa shape index (κ3) is 3.56. The van der Waals surface area contributed by atoms with Gasteiger partial charge in [0, 0.05) is 11.6 Å². The molecule has 0 unspecified atom stereocenters. The maximum absolute atomic E-state index is 12.5. The molecule has 106 valence electrons. The molecule has 2 rings (SSSR count). The zero-order valence-corrected chi connectivity index (χ0v) is 11.3. The molecule has 1 aromatic carbocycles. The van der Waals surface area contributed by atoms with Gasteiger partial charge in [0.1, 0.15) is 0 Å². The molecular formula is C14H17ClF3N. The van der Waals surface area contributed by atoms with E-state index in [0.717, 1.165) is 37.8 Å². The summed E-state index contributed by atoms with van der Waals surface area (Å²) in [4.78, 5) is 0. The van der Waals surface area contributed by atoms with Crippen LogP contribution in [-0.4, -0.2) is 11.4 Å². The first-order valence-electron chi connectivity index (χ1n) is 6.47. The van der Waals surface area contributed by atoms with Crippen LogP contribution in [0.25, 0.3) is 0 Å². The van der Waals surface area contributed by atoms with E-state index in [1.165, 1.54) is 18.6 Å². The average Bonchev–Trinajstić information content (AvgIpc) is 2.39. The average molecular weight is 292 g/mol. The highest BCUT2D eigenvalue weighted by atomic mass is 35.5. The molecule has 1 saturated carbocycles. The smallest absolute Gasteiger partial charge is 0.378 e. The minimum Gasteiger partial charge on any atom is -0.378 e. The van der Waals surface area contributed by atoms with E-state index in [0.29, 0.717) is 11.6 Å². The van der Waals surface area contributed by atoms with Crippen molar-refractivity contribution < 1.29 is 13.2 Å². The molecular weight excluding hydrogens is 275 g/mol. The van der Waals surface area contributed by atoms with Crippen LogP contribution in [0.5, 0.6) is 0 Å². The molecule has 0 aliphatic heterocycles. The monoisotopic (exact) mass is 291 g/mol. The summed E-state index contributed by atoms with van der Waals surface area (Å²) in [5.41, 5.74) is -0.0864. The fourth-order valence-electron chi connectivity index (χ4n) is 2.57. The molecule has 0 aromatic heterocycles. The van der Waals surface area contributed by atoms with E-state index in [1.807, 2.05) is 0 Å². The van der Waals surface area contributed by atoms with Gasteiger partial charge in [0.15, 0.2) is 0 Å². The zero-order valence-electron chi connectivity index (χ0n) is 10.6. The van der Waals surface area contributed by atoms with Crippen LogP contribution in [0.15, 0.2) is 24.3 Å². The highest BCUT2D eigenvalue weighted by Crippen LogP contribution is 2.34. The Kier molecular flexibility index (Phi) is 4.29. The first-order chi connectivity index (χ1) is 8.95. The van der Waals surface area contributed by atoms with Gasteiger partial charge in [0.25, 0.3) is 0 Å². The molecule has 0 spiro atoms. The SMILES string of the molecule is FC(F)(F)c1ccc(NC2(CCl)CCCCC2)cc1. The third-order valence-corrected chi connectivity index (χ3v) is 4.20. The lowest BCUT2D eigenvalue weighted by Crippen LogP contribution is -2.42. The van der Waals surface area contributed by atoms with Crippen LogP contribution in [0.1, 0.15) is 37.7 Å². The lowest BCUT2D eigenvalue weighted by Gasteiger charge is -2.37. The van der Waals surface area contributed by atoms with Gasteiger partial charge in [-0.25, -0.2) is 0 Å². The number of halogens is 4. The normalized spacial score (nSPS) is 19.2. The standard InChI is InChI=1S/C14H17ClF3N/c15-10-13(8-2-1-3-9-13)19-12-6-4-11(5-7-12)14(16,17)18/h4-7,19H,1-3,8-10H2. The number of hydrogen-bond acceptors (Lipinski definition) is 1. The molecule has 0 saturated heterocycles. The molecule has 19 heavy (non-hydrogen) atoms. The largest absolute Gasteiger partial charge is 0.416 e. The van der Waals surface area contributed by atoms with E-state index in [4.69, 9.17) is 11.6 Å². The summed E-state index contributed by atoms with van der Waals surface area (Å²) in [6.45, 7) is 0. The lowest BCUT2D eigenvalue weighted by atomic mass is 9.83. The van der Waals surface area contributed by atoms with Crippen LogP contribution in [0.2, 0.25) is 0 Å². The second kappa shape index (κ2) is 5.61. The first kappa shape index (κ1) is 14.5. The van der Waals surface area contributed by atoms with Gasteiger partial charge < -0.3 is 5.32 Å². The van der Waals surface area contributed by atoms with Gasteiger partial charge in [0.2, 0.25) is 0 Å². The minimum absolute atomic E-state index is 0.167. The van der Waals surface area contributed by atoms with Gasteiger partial charge in [-0.05, 0) is 37.1 Å². The predicted octanol–water partition coefficient (Wildman–Crippen LogP) is 5.06. The minimum atomic E-state index is -4.28. The van der Waals surface area contributed by atoms with Gasteiger partial charge >= 0.3 is 6.18 Å². The second-order valence-electron chi connectivity index (χ2n) is 5.17. The Labute approximate surface area is 116 Å². The van der Waals surface area contributed by atoms with Crippen LogP contribution >= 0.6 is 11.6 Å². The lowest BCUT2D eigenvalue weighted by molar-refractivity contribution is -0.137. The number of alkyl halides is 4. The maximum Gasteiger partial charge on any atom is 0.416 e. The number of nitrogens with one attached hydrogen (secondary N) is 1. The molecule has 1 aromatic rings. The summed E-state index contributed by atoms with van der Waals surface area (Å²) in [6, 6.07) is 5.16. The summed E-state index contributed by atoms with van der Waals surface area (Å²) in [5, 5.41) is 3.32. The Bertz CT molecular complexity index is 408. The van der Waals surface area contributed by atoms with Crippen LogP contribution < -0.4 is 5.32 Å². The zero-order chi connectivity index (χ0) is 13.9. The van der Waals surface area contributed by atoms with Crippen molar-refractivity contribution in [1.82, 2.24) is 0 Å². The number of rotatable bonds is 3. The van der Waals surface area contributed by atoms with Crippen molar-refractivity contribution >= 4 is 17.3 Å². The van der Waals surface area contributed by atoms with Gasteiger partial charge in [-0.3, -0.25) is 0 Å². The van der Waals surface area contributed by atoms with Crippen LogP contribution in [0.3, 0.4) is 0 Å². The number of hydrogen-bond donors (Lipinski definition) is 1. The van der Waals surface area contributed by atoms with Crippen molar-refractivity contribution in [3.05, 3.63) is 29.8 Å². The van der Waals surface area contributed by atoms with Crippen molar-refractivity contribution in [2.45, 2.75) is 43.8 Å². The van der Waals surface area contributed by atoms with Gasteiger partial charge in [-0.1, -0.05) is 19.3 Å². The Morgan fingerprint density at radius 1 is 1.05 bits per heavy atom. The summed E-state index contributed by atoms with van der Waals surface area (Å²) in [5.74, 6) is 0.480. The van der Waals surface area contributed by atoms with Crippen molar-refractivity contribution in [1.29, 1.82) is 0 Å². The van der Waals surface area contributed by atoms with E-state index >= 15 is 0 Å². The summed E-state index contributed by atoms with van der Waals surface area (Å²) in [7, 11) is 0. The Balaban J connectivity index is 2.10. The molecule has 1 aliphatic carbocycles. The van der Waals surface area contributed by atoms with E-state index < -0.39 is 11.7 Å². The molecule has 5 heteroatoms. The molecule has 0 amide bonds. The summed E-state index contributed by atoms with van der Waals surface area (Å²) in [6.07, 6.45) is 1.08. The Morgan fingerprint density at radius 2 is 1.63 bits per heavy atom. The van der Waals surface area contributed by atoms with Gasteiger partial charge in [0.05, 0.1) is 11.1 Å². The van der Waals surface area contributed by atoms with E-state index in [2.05, 4.69) is 5.32 Å². The molecule has 1 fully saturated rings. The second-order valence-corrected chi connectivity index (χ2v) is 5.44. The van der Waals surface area contributed by atoms with E-state index in [1.54, 1.807) is 0 Å². The number of benzene rings is 1. The van der Waals surface area contributed by atoms with Crippen LogP contribution in [-0.2, 0) is 6.18 Å². The highest BCUT2D eigenvalue weighted by Gasteiger charge is 2.32. The van der Waals surface area contributed by atoms with Gasteiger partial charge in [-0.15, -0.1) is 11.6 Å². The van der Waals surface area contributed by atoms with Crippen LogP contribution in [0.4, 0.5) is 18.9 Å². The fraction of sp³-hybridized carbons (Fsp3) is 0.571. The van der Waals surface area contributed by atoms with Crippen molar-refractivity contribution in [3.63, 3.8) is 0 Å². The van der Waals surface area contributed by atoms with Crippen molar-refractivity contribution in [3.8, 4) is 0 Å². The predicted molar refractivity (Wildman–Crippen MR) is 71.6 cm³/mol. The molecule has 0 heterocycles. The highest BCUT2D eigenvalue weighted by molar-refractivity contribution is 6.18. The molecule has 1 N–H and O–H groups in total. The topological polar surface area (TPSA) is 12.0 Å². The van der Waals surface area contributed by atoms with Crippen molar-refractivity contribution in [2.75, 3.05) is 11.2 Å². The van der Waals surface area contributed by atoms with Crippen molar-refractivity contribution in [2.24, 2.45) is 0 Å². The third-order valence-electron chi connectivity index (χ3n) is 3.69. The molecule has 0 atom stereocenters. The molecule has 1 aliphatic rings. The molecule has 0 bridgehead atoms. The maximum atomic E-state index is 12.5. The summed E-state index contributed by atoms with van der Waals surface area (Å²) < 4.78 is 37.4. The Morgan fingerprint density at radius 3 is 2.11 bits per heavy atom. The quantitative estimate of drug-likeness (QED) is 0.768. The van der Waals surface area contributed by atoms with E-state index in [-0.39, 0.29) is 5.54 Å². The van der Waals surface area contributed by atoms with E-state index in [9.17, 15) is 13.2 Å². The Hall–Kier alpha value is -0.900. The first-order valence-corrected chi connectivity index (χ1v) is 7.00.